The van der Waals surface area contributed by atoms with Gasteiger partial charge in [0.25, 0.3) is 5.91 Å². The molecule has 53 heavy (non-hydrogen) atoms. The summed E-state index contributed by atoms with van der Waals surface area (Å²) in [4.78, 5) is 31.0. The van der Waals surface area contributed by atoms with Crippen LogP contribution < -0.4 is 11.0 Å². The Morgan fingerprint density at radius 2 is 1.51 bits per heavy atom. The molecule has 2 aliphatic rings. The van der Waals surface area contributed by atoms with E-state index in [2.05, 4.69) is 45.5 Å². The first-order valence-corrected chi connectivity index (χ1v) is 18.5. The third kappa shape index (κ3) is 7.89. The molecule has 2 aliphatic heterocycles. The van der Waals surface area contributed by atoms with E-state index in [4.69, 9.17) is 9.47 Å². The summed E-state index contributed by atoms with van der Waals surface area (Å²) in [5, 5.41) is 12.7. The number of likely N-dealkylation sites (tertiary alicyclic amines) is 1. The van der Waals surface area contributed by atoms with Gasteiger partial charge in [0, 0.05) is 49.8 Å². The zero-order valence-corrected chi connectivity index (χ0v) is 29.6. The number of carbonyl (C=O) groups excluding carboxylic acids is 1. The third-order valence-electron chi connectivity index (χ3n) is 10.5. The van der Waals surface area contributed by atoms with Crippen molar-refractivity contribution in [1.82, 2.24) is 19.8 Å². The van der Waals surface area contributed by atoms with Crippen molar-refractivity contribution >= 4 is 16.9 Å². The minimum atomic E-state index is -0.577. The summed E-state index contributed by atoms with van der Waals surface area (Å²) in [6.07, 6.45) is 1.63. The molecule has 9 heteroatoms. The van der Waals surface area contributed by atoms with E-state index in [-0.39, 0.29) is 36.5 Å². The highest BCUT2D eigenvalue weighted by Gasteiger charge is 2.34. The maximum Gasteiger partial charge on any atom is 0.326 e. The lowest BCUT2D eigenvalue weighted by atomic mass is 9.97. The highest BCUT2D eigenvalue weighted by molar-refractivity contribution is 5.94. The molecule has 2 fully saturated rings. The Hall–Kier alpha value is -5.32. The largest absolute Gasteiger partial charge is 0.392 e. The number of aromatic amines is 1. The topological polar surface area (TPSA) is 109 Å². The van der Waals surface area contributed by atoms with Crippen LogP contribution in [0.2, 0.25) is 0 Å². The van der Waals surface area contributed by atoms with Crippen LogP contribution in [0.15, 0.2) is 132 Å². The number of benzene rings is 5. The van der Waals surface area contributed by atoms with Crippen LogP contribution in [0.5, 0.6) is 0 Å². The predicted molar refractivity (Wildman–Crippen MR) is 205 cm³/mol. The molecule has 3 atom stereocenters. The van der Waals surface area contributed by atoms with E-state index in [1.807, 2.05) is 102 Å². The fourth-order valence-corrected chi connectivity index (χ4v) is 7.72. The highest BCUT2D eigenvalue weighted by atomic mass is 16.7. The second-order valence-electron chi connectivity index (χ2n) is 14.1. The van der Waals surface area contributed by atoms with E-state index in [9.17, 15) is 14.7 Å². The van der Waals surface area contributed by atoms with E-state index in [1.165, 1.54) is 0 Å². The molecule has 9 nitrogen and oxygen atoms in total. The van der Waals surface area contributed by atoms with Crippen molar-refractivity contribution in [3.05, 3.63) is 166 Å². The maximum atomic E-state index is 12.9. The van der Waals surface area contributed by atoms with Gasteiger partial charge < -0.3 is 29.8 Å². The number of aliphatic hydroxyl groups is 1. The Morgan fingerprint density at radius 1 is 0.774 bits per heavy atom. The number of rotatable bonds is 10. The molecule has 1 amide bonds. The zero-order chi connectivity index (χ0) is 36.1. The number of H-pyrrole nitrogens is 1. The maximum absolute atomic E-state index is 12.9. The van der Waals surface area contributed by atoms with Gasteiger partial charge in [0.15, 0.2) is 6.29 Å². The molecule has 0 bridgehead atoms. The summed E-state index contributed by atoms with van der Waals surface area (Å²) < 4.78 is 15.4. The lowest BCUT2D eigenvalue weighted by molar-refractivity contribution is -0.253. The first-order valence-electron chi connectivity index (χ1n) is 18.5. The smallest absolute Gasteiger partial charge is 0.326 e. The first-order chi connectivity index (χ1) is 26.0. The number of ether oxygens (including phenoxy) is 2. The van der Waals surface area contributed by atoms with Gasteiger partial charge in [-0.1, -0.05) is 91.0 Å². The number of para-hydroxylation sites is 2. The molecule has 0 aliphatic carbocycles. The molecular formula is C44H44N4O5. The SMILES string of the molecule is O=C(NCc1cccc(-c2cccc(C3OC(CN4CCC(n5c(=O)[nH]c6ccccc65)CC4)CC(c4ccc(CO)cc4)O3)c2)c1)c1ccccc1. The van der Waals surface area contributed by atoms with E-state index < -0.39 is 6.29 Å². The number of hydrogen-bond donors (Lipinski definition) is 3. The van der Waals surface area contributed by atoms with Crippen molar-refractivity contribution in [2.75, 3.05) is 19.6 Å². The Kier molecular flexibility index (Phi) is 10.3. The Morgan fingerprint density at radius 3 is 2.30 bits per heavy atom. The van der Waals surface area contributed by atoms with Crippen LogP contribution in [0.4, 0.5) is 0 Å². The second kappa shape index (κ2) is 15.7. The van der Waals surface area contributed by atoms with Gasteiger partial charge in [0.2, 0.25) is 0 Å². The number of carbonyl (C=O) groups is 1. The second-order valence-corrected chi connectivity index (χ2v) is 14.1. The number of aromatic nitrogens is 2. The molecular weight excluding hydrogens is 665 g/mol. The van der Waals surface area contributed by atoms with E-state index >= 15 is 0 Å². The molecule has 270 valence electrons. The molecule has 3 N–H and O–H groups in total. The lowest BCUT2D eigenvalue weighted by Crippen LogP contribution is -2.43. The fourth-order valence-electron chi connectivity index (χ4n) is 7.72. The number of piperidine rings is 1. The third-order valence-corrected chi connectivity index (χ3v) is 10.5. The van der Waals surface area contributed by atoms with Gasteiger partial charge >= 0.3 is 5.69 Å². The van der Waals surface area contributed by atoms with E-state index in [0.29, 0.717) is 18.5 Å². The average Bonchev–Trinajstić information content (AvgIpc) is 3.56. The summed E-state index contributed by atoms with van der Waals surface area (Å²) in [6, 6.07) is 41.8. The standard InChI is InChI=1S/C44H44N4O5/c49-29-30-16-18-32(19-17-30)41-26-38(28-47-22-20-37(21-23-47)48-40-15-5-4-14-39(40)46-44(48)51)52-43(53-41)36-13-7-12-35(25-36)34-11-6-8-31(24-34)27-45-42(50)33-9-2-1-3-10-33/h1-19,24-25,37-38,41,43,49H,20-23,26-29H2,(H,45,50)(H,46,51). The molecule has 3 unspecified atom stereocenters. The van der Waals surface area contributed by atoms with Gasteiger partial charge in [-0.3, -0.25) is 9.36 Å². The molecule has 0 saturated carbocycles. The number of hydrogen-bond acceptors (Lipinski definition) is 6. The van der Waals surface area contributed by atoms with Crippen LogP contribution in [0, 0.1) is 0 Å². The number of fused-ring (bicyclic) bond motifs is 1. The highest BCUT2D eigenvalue weighted by Crippen LogP contribution is 2.39. The van der Waals surface area contributed by atoms with Crippen LogP contribution in [0.25, 0.3) is 22.2 Å². The van der Waals surface area contributed by atoms with Crippen LogP contribution in [-0.4, -0.2) is 51.2 Å². The van der Waals surface area contributed by atoms with Gasteiger partial charge in [-0.25, -0.2) is 4.79 Å². The predicted octanol–water partition coefficient (Wildman–Crippen LogP) is 7.30. The van der Waals surface area contributed by atoms with Crippen LogP contribution in [0.3, 0.4) is 0 Å². The summed E-state index contributed by atoms with van der Waals surface area (Å²) >= 11 is 0. The Bertz CT molecular complexity index is 2220. The van der Waals surface area contributed by atoms with Gasteiger partial charge in [-0.05, 0) is 77.1 Å². The Balaban J connectivity index is 0.979. The summed E-state index contributed by atoms with van der Waals surface area (Å²) in [6.45, 7) is 2.92. The average molecular weight is 709 g/mol. The molecule has 1 aromatic heterocycles. The monoisotopic (exact) mass is 708 g/mol. The number of amides is 1. The molecule has 5 aromatic carbocycles. The molecule has 3 heterocycles. The van der Waals surface area contributed by atoms with Crippen molar-refractivity contribution in [3.8, 4) is 11.1 Å². The molecule has 0 radical (unpaired) electrons. The van der Waals surface area contributed by atoms with Crippen molar-refractivity contribution in [2.24, 2.45) is 0 Å². The summed E-state index contributed by atoms with van der Waals surface area (Å²) in [7, 11) is 0. The van der Waals surface area contributed by atoms with Gasteiger partial charge in [-0.15, -0.1) is 0 Å². The molecule has 0 spiro atoms. The van der Waals surface area contributed by atoms with Crippen molar-refractivity contribution in [2.45, 2.75) is 57.0 Å². The Labute approximate surface area is 308 Å². The van der Waals surface area contributed by atoms with Gasteiger partial charge in [0.05, 0.1) is 29.8 Å². The quantitative estimate of drug-likeness (QED) is 0.138. The normalized spacial score (nSPS) is 19.7. The number of nitrogens with zero attached hydrogens (tertiary/aromatic N) is 2. The van der Waals surface area contributed by atoms with Crippen LogP contribution in [-0.2, 0) is 22.6 Å². The zero-order valence-electron chi connectivity index (χ0n) is 29.6. The van der Waals surface area contributed by atoms with Gasteiger partial charge in [-0.2, -0.15) is 0 Å². The fraction of sp³-hybridized carbons (Fsp3) is 0.273. The lowest BCUT2D eigenvalue weighted by Gasteiger charge is -2.40. The van der Waals surface area contributed by atoms with Crippen molar-refractivity contribution < 1.29 is 19.4 Å². The summed E-state index contributed by atoms with van der Waals surface area (Å²) in [5.41, 5.74) is 8.37. The number of imidazole rings is 1. The van der Waals surface area contributed by atoms with E-state index in [0.717, 1.165) is 76.9 Å². The van der Waals surface area contributed by atoms with Crippen molar-refractivity contribution in [3.63, 3.8) is 0 Å². The number of aliphatic hydroxyl groups excluding tert-OH is 1. The molecule has 8 rings (SSSR count). The minimum Gasteiger partial charge on any atom is -0.392 e. The summed E-state index contributed by atoms with van der Waals surface area (Å²) in [5.74, 6) is -0.103. The van der Waals surface area contributed by atoms with Crippen LogP contribution >= 0.6 is 0 Å². The number of nitrogens with one attached hydrogen (secondary N) is 2. The minimum absolute atomic E-state index is 0.00577. The molecule has 6 aromatic rings. The van der Waals surface area contributed by atoms with Crippen molar-refractivity contribution in [1.29, 1.82) is 0 Å². The van der Waals surface area contributed by atoms with E-state index in [1.54, 1.807) is 0 Å². The first kappa shape index (κ1) is 34.7. The molecule has 2 saturated heterocycles. The van der Waals surface area contributed by atoms with Gasteiger partial charge in [0.1, 0.15) is 0 Å². The van der Waals surface area contributed by atoms with Crippen LogP contribution in [0.1, 0.15) is 70.3 Å².